The molecule has 1 fully saturated rings. The van der Waals surface area contributed by atoms with Gasteiger partial charge in [0, 0.05) is 38.3 Å². The standard InChI is InChI=1S/C21H27FN2O2/c1-21(2,3)16-12-15(20(26)19(25)13-16)14-23-8-10-24(11-9-23)18-7-5-4-6-17(18)22/h4-7,12-13,25-26H,8-11,14H2,1-3H3. The Morgan fingerprint density at radius 3 is 2.27 bits per heavy atom. The van der Waals surface area contributed by atoms with Gasteiger partial charge in [-0.15, -0.1) is 0 Å². The Hall–Kier alpha value is -2.27. The minimum atomic E-state index is -0.193. The van der Waals surface area contributed by atoms with E-state index in [9.17, 15) is 14.6 Å². The maximum atomic E-state index is 14.0. The normalized spacial score (nSPS) is 16.1. The van der Waals surface area contributed by atoms with Gasteiger partial charge in [0.1, 0.15) is 5.82 Å². The monoisotopic (exact) mass is 358 g/mol. The van der Waals surface area contributed by atoms with Gasteiger partial charge >= 0.3 is 0 Å². The number of nitrogens with zero attached hydrogens (tertiary/aromatic N) is 2. The van der Waals surface area contributed by atoms with E-state index < -0.39 is 0 Å². The maximum absolute atomic E-state index is 14.0. The quantitative estimate of drug-likeness (QED) is 0.818. The van der Waals surface area contributed by atoms with Crippen LogP contribution in [0.15, 0.2) is 36.4 Å². The molecule has 0 bridgehead atoms. The van der Waals surface area contributed by atoms with Crippen LogP contribution in [0, 0.1) is 5.82 Å². The first-order valence-corrected chi connectivity index (χ1v) is 9.03. The van der Waals surface area contributed by atoms with Crippen molar-refractivity contribution in [3.8, 4) is 11.5 Å². The van der Waals surface area contributed by atoms with Gasteiger partial charge < -0.3 is 15.1 Å². The number of hydrogen-bond acceptors (Lipinski definition) is 4. The molecule has 0 atom stereocenters. The van der Waals surface area contributed by atoms with Gasteiger partial charge in [-0.1, -0.05) is 39.0 Å². The molecule has 0 amide bonds. The van der Waals surface area contributed by atoms with E-state index in [1.807, 2.05) is 18.2 Å². The van der Waals surface area contributed by atoms with Gasteiger partial charge in [-0.25, -0.2) is 4.39 Å². The molecule has 0 aliphatic carbocycles. The van der Waals surface area contributed by atoms with Gasteiger partial charge in [0.25, 0.3) is 0 Å². The summed E-state index contributed by atoms with van der Waals surface area (Å²) in [6.07, 6.45) is 0. The number of phenols is 2. The number of rotatable bonds is 3. The van der Waals surface area contributed by atoms with Gasteiger partial charge in [0.2, 0.25) is 0 Å². The van der Waals surface area contributed by atoms with E-state index in [1.54, 1.807) is 12.1 Å². The van der Waals surface area contributed by atoms with Crippen molar-refractivity contribution in [3.63, 3.8) is 0 Å². The van der Waals surface area contributed by atoms with Crippen molar-refractivity contribution in [2.24, 2.45) is 0 Å². The third-order valence-corrected chi connectivity index (χ3v) is 4.99. The zero-order chi connectivity index (χ0) is 18.9. The van der Waals surface area contributed by atoms with Crippen LogP contribution in [0.4, 0.5) is 10.1 Å². The molecule has 2 aromatic rings. The Morgan fingerprint density at radius 2 is 1.65 bits per heavy atom. The number of anilines is 1. The molecule has 1 aliphatic rings. The highest BCUT2D eigenvalue weighted by Crippen LogP contribution is 2.36. The molecule has 0 radical (unpaired) electrons. The lowest BCUT2D eigenvalue weighted by atomic mass is 9.85. The number of halogens is 1. The second-order valence-corrected chi connectivity index (χ2v) is 7.97. The average molecular weight is 358 g/mol. The Morgan fingerprint density at radius 1 is 1.00 bits per heavy atom. The van der Waals surface area contributed by atoms with Crippen molar-refractivity contribution in [2.45, 2.75) is 32.7 Å². The largest absolute Gasteiger partial charge is 0.504 e. The van der Waals surface area contributed by atoms with Crippen molar-refractivity contribution in [3.05, 3.63) is 53.3 Å². The minimum absolute atomic E-state index is 0.0467. The summed E-state index contributed by atoms with van der Waals surface area (Å²) in [6.45, 7) is 9.80. The van der Waals surface area contributed by atoms with Crippen LogP contribution in [0.1, 0.15) is 31.9 Å². The Labute approximate surface area is 154 Å². The van der Waals surface area contributed by atoms with Crippen molar-refractivity contribution in [2.75, 3.05) is 31.1 Å². The van der Waals surface area contributed by atoms with Crippen LogP contribution in [-0.4, -0.2) is 41.3 Å². The van der Waals surface area contributed by atoms with Crippen LogP contribution in [0.25, 0.3) is 0 Å². The molecule has 2 N–H and O–H groups in total. The Kier molecular flexibility index (Phi) is 5.10. The van der Waals surface area contributed by atoms with Crippen LogP contribution in [0.5, 0.6) is 11.5 Å². The molecule has 1 saturated heterocycles. The minimum Gasteiger partial charge on any atom is -0.504 e. The van der Waals surface area contributed by atoms with E-state index in [4.69, 9.17) is 0 Å². The molecule has 0 unspecified atom stereocenters. The van der Waals surface area contributed by atoms with E-state index in [2.05, 4.69) is 30.6 Å². The van der Waals surface area contributed by atoms with Gasteiger partial charge in [-0.3, -0.25) is 4.90 Å². The second kappa shape index (κ2) is 7.16. The SMILES string of the molecule is CC(C)(C)c1cc(O)c(O)c(CN2CCN(c3ccccc3F)CC2)c1. The zero-order valence-electron chi connectivity index (χ0n) is 15.7. The third kappa shape index (κ3) is 3.93. The first kappa shape index (κ1) is 18.5. The van der Waals surface area contributed by atoms with Gasteiger partial charge in [-0.2, -0.15) is 0 Å². The highest BCUT2D eigenvalue weighted by atomic mass is 19.1. The highest BCUT2D eigenvalue weighted by Gasteiger charge is 2.23. The molecule has 1 heterocycles. The van der Waals surface area contributed by atoms with E-state index in [0.29, 0.717) is 12.2 Å². The van der Waals surface area contributed by atoms with E-state index in [-0.39, 0.29) is 22.7 Å². The fourth-order valence-corrected chi connectivity index (χ4v) is 3.33. The predicted molar refractivity (Wildman–Crippen MR) is 102 cm³/mol. The lowest BCUT2D eigenvalue weighted by molar-refractivity contribution is 0.245. The van der Waals surface area contributed by atoms with Gasteiger partial charge in [0.05, 0.1) is 5.69 Å². The molecule has 4 nitrogen and oxygen atoms in total. The third-order valence-electron chi connectivity index (χ3n) is 4.99. The van der Waals surface area contributed by atoms with E-state index in [0.717, 1.165) is 37.3 Å². The van der Waals surface area contributed by atoms with Crippen molar-refractivity contribution in [1.82, 2.24) is 4.90 Å². The molecule has 1 aliphatic heterocycles. The first-order valence-electron chi connectivity index (χ1n) is 9.03. The molecule has 5 heteroatoms. The fourth-order valence-electron chi connectivity index (χ4n) is 3.33. The van der Waals surface area contributed by atoms with Crippen LogP contribution >= 0.6 is 0 Å². The molecular formula is C21H27FN2O2. The summed E-state index contributed by atoms with van der Waals surface area (Å²) in [4.78, 5) is 4.27. The average Bonchev–Trinajstić information content (AvgIpc) is 2.59. The Bertz CT molecular complexity index is 778. The topological polar surface area (TPSA) is 46.9 Å². The molecule has 0 aromatic heterocycles. The van der Waals surface area contributed by atoms with Crippen LogP contribution in [0.3, 0.4) is 0 Å². The number of phenolic OH excluding ortho intramolecular Hbond substituents is 2. The summed E-state index contributed by atoms with van der Waals surface area (Å²) >= 11 is 0. The zero-order valence-corrected chi connectivity index (χ0v) is 15.7. The lowest BCUT2D eigenvalue weighted by Crippen LogP contribution is -2.46. The lowest BCUT2D eigenvalue weighted by Gasteiger charge is -2.36. The molecule has 140 valence electrons. The van der Waals surface area contributed by atoms with E-state index >= 15 is 0 Å². The second-order valence-electron chi connectivity index (χ2n) is 7.97. The summed E-state index contributed by atoms with van der Waals surface area (Å²) in [5, 5.41) is 20.3. The smallest absolute Gasteiger partial charge is 0.162 e. The predicted octanol–water partition coefficient (Wildman–Crippen LogP) is 3.86. The number of aromatic hydroxyl groups is 2. The molecule has 26 heavy (non-hydrogen) atoms. The first-order chi connectivity index (χ1) is 12.3. The van der Waals surface area contributed by atoms with Crippen molar-refractivity contribution < 1.29 is 14.6 Å². The van der Waals surface area contributed by atoms with Gasteiger partial charge in [-0.05, 0) is 29.2 Å². The summed E-state index contributed by atoms with van der Waals surface area (Å²) in [7, 11) is 0. The van der Waals surface area contributed by atoms with Crippen LogP contribution in [0.2, 0.25) is 0 Å². The summed E-state index contributed by atoms with van der Waals surface area (Å²) < 4.78 is 14.0. The van der Waals surface area contributed by atoms with Crippen molar-refractivity contribution in [1.29, 1.82) is 0 Å². The summed E-state index contributed by atoms with van der Waals surface area (Å²) in [5.41, 5.74) is 2.26. The number of piperazine rings is 1. The number of hydrogen-bond donors (Lipinski definition) is 2. The fraction of sp³-hybridized carbons (Fsp3) is 0.429. The molecule has 3 rings (SSSR count). The molecule has 0 spiro atoms. The van der Waals surface area contributed by atoms with E-state index in [1.165, 1.54) is 6.07 Å². The molecule has 2 aromatic carbocycles. The Balaban J connectivity index is 1.70. The summed E-state index contributed by atoms with van der Waals surface area (Å²) in [6, 6.07) is 10.4. The van der Waals surface area contributed by atoms with Crippen LogP contribution < -0.4 is 4.90 Å². The number of para-hydroxylation sites is 1. The number of benzene rings is 2. The molecule has 0 saturated carbocycles. The maximum Gasteiger partial charge on any atom is 0.162 e. The molecular weight excluding hydrogens is 331 g/mol. The highest BCUT2D eigenvalue weighted by molar-refractivity contribution is 5.50. The van der Waals surface area contributed by atoms with Crippen LogP contribution in [-0.2, 0) is 12.0 Å². The van der Waals surface area contributed by atoms with Gasteiger partial charge in [0.15, 0.2) is 11.5 Å². The summed E-state index contributed by atoms with van der Waals surface area (Å²) in [5.74, 6) is -0.312. The van der Waals surface area contributed by atoms with Crippen molar-refractivity contribution >= 4 is 5.69 Å².